The van der Waals surface area contributed by atoms with Gasteiger partial charge in [0.2, 0.25) is 5.95 Å². The highest BCUT2D eigenvalue weighted by atomic mass is 79.9. The fourth-order valence-corrected chi connectivity index (χ4v) is 4.37. The van der Waals surface area contributed by atoms with Gasteiger partial charge in [-0.2, -0.15) is 28.5 Å². The second-order valence-electron chi connectivity index (χ2n) is 3.48. The molecule has 1 fully saturated rings. The number of rotatable bonds is 4. The second kappa shape index (κ2) is 6.67. The molecule has 8 heteroatoms. The summed E-state index contributed by atoms with van der Waals surface area (Å²) in [5.74, 6) is 10.2. The molecule has 1 saturated heterocycles. The zero-order valence-electron chi connectivity index (χ0n) is 9.15. The number of thioether (sulfide) groups is 2. The van der Waals surface area contributed by atoms with E-state index in [1.165, 1.54) is 17.3 Å². The van der Waals surface area contributed by atoms with Crippen molar-refractivity contribution in [1.82, 2.24) is 9.97 Å². The molecular weight excluding hydrogens is 322 g/mol. The van der Waals surface area contributed by atoms with Crippen molar-refractivity contribution >= 4 is 51.2 Å². The van der Waals surface area contributed by atoms with Gasteiger partial charge in [0.25, 0.3) is 0 Å². The molecule has 1 aromatic rings. The molecule has 0 spiro atoms. The molecule has 1 atom stereocenters. The molecule has 94 valence electrons. The van der Waals surface area contributed by atoms with Crippen LogP contribution in [0.2, 0.25) is 0 Å². The third-order valence-electron chi connectivity index (χ3n) is 2.26. The van der Waals surface area contributed by atoms with Crippen molar-refractivity contribution in [3.63, 3.8) is 0 Å². The topological polar surface area (TPSA) is 75.9 Å². The van der Waals surface area contributed by atoms with Gasteiger partial charge in [-0.3, -0.25) is 5.43 Å². The van der Waals surface area contributed by atoms with Crippen molar-refractivity contribution in [3.05, 3.63) is 10.7 Å². The first-order valence-electron chi connectivity index (χ1n) is 5.22. The Morgan fingerprint density at radius 2 is 2.41 bits per heavy atom. The number of nitrogen functional groups attached to an aromatic ring is 1. The van der Waals surface area contributed by atoms with E-state index in [2.05, 4.69) is 36.6 Å². The van der Waals surface area contributed by atoms with Crippen molar-refractivity contribution in [1.29, 1.82) is 0 Å². The number of aromatic nitrogens is 2. The maximum atomic E-state index is 5.28. The maximum Gasteiger partial charge on any atom is 0.239 e. The van der Waals surface area contributed by atoms with Crippen LogP contribution in [0.15, 0.2) is 10.7 Å². The zero-order valence-corrected chi connectivity index (χ0v) is 12.4. The molecule has 2 heterocycles. The highest BCUT2D eigenvalue weighted by molar-refractivity contribution is 9.10. The first-order chi connectivity index (χ1) is 8.29. The van der Waals surface area contributed by atoms with Crippen LogP contribution in [0.3, 0.4) is 0 Å². The molecule has 4 N–H and O–H groups in total. The SMILES string of the molecule is NNc1ncc(Br)c(NCC2CSCCS2)n1. The average molecular weight is 336 g/mol. The molecular formula is C9H14BrN5S2. The molecule has 1 aliphatic rings. The summed E-state index contributed by atoms with van der Waals surface area (Å²) in [7, 11) is 0. The number of nitrogens with zero attached hydrogens (tertiary/aromatic N) is 2. The van der Waals surface area contributed by atoms with Crippen LogP contribution >= 0.6 is 39.5 Å². The lowest BCUT2D eigenvalue weighted by molar-refractivity contribution is 0.982. The van der Waals surface area contributed by atoms with Crippen molar-refractivity contribution in [3.8, 4) is 0 Å². The quantitative estimate of drug-likeness (QED) is 0.572. The Hall–Kier alpha value is -0.180. The fraction of sp³-hybridized carbons (Fsp3) is 0.556. The number of hydrogen-bond donors (Lipinski definition) is 3. The molecule has 0 amide bonds. The normalized spacial score (nSPS) is 20.0. The minimum absolute atomic E-state index is 0.418. The average Bonchev–Trinajstić information content (AvgIpc) is 2.39. The van der Waals surface area contributed by atoms with Gasteiger partial charge in [0.1, 0.15) is 5.82 Å². The van der Waals surface area contributed by atoms with Crippen molar-refractivity contribution < 1.29 is 0 Å². The Balaban J connectivity index is 1.92. The van der Waals surface area contributed by atoms with E-state index in [0.717, 1.165) is 16.8 Å². The van der Waals surface area contributed by atoms with E-state index in [9.17, 15) is 0 Å². The van der Waals surface area contributed by atoms with Gasteiger partial charge in [0.05, 0.1) is 4.47 Å². The first-order valence-corrected chi connectivity index (χ1v) is 8.21. The summed E-state index contributed by atoms with van der Waals surface area (Å²) in [5, 5.41) is 3.97. The largest absolute Gasteiger partial charge is 0.368 e. The fourth-order valence-electron chi connectivity index (χ4n) is 1.43. The van der Waals surface area contributed by atoms with Gasteiger partial charge in [-0.1, -0.05) is 0 Å². The molecule has 1 aromatic heterocycles. The van der Waals surface area contributed by atoms with Gasteiger partial charge in [-0.25, -0.2) is 10.8 Å². The van der Waals surface area contributed by atoms with Crippen LogP contribution in [0.4, 0.5) is 11.8 Å². The number of nitrogens with one attached hydrogen (secondary N) is 2. The van der Waals surface area contributed by atoms with Gasteiger partial charge >= 0.3 is 0 Å². The van der Waals surface area contributed by atoms with Crippen LogP contribution in [0, 0.1) is 0 Å². The maximum absolute atomic E-state index is 5.28. The summed E-state index contributed by atoms with van der Waals surface area (Å²) in [6.07, 6.45) is 1.69. The van der Waals surface area contributed by atoms with Crippen LogP contribution < -0.4 is 16.6 Å². The Morgan fingerprint density at radius 3 is 3.12 bits per heavy atom. The van der Waals surface area contributed by atoms with Crippen LogP contribution in [0.25, 0.3) is 0 Å². The summed E-state index contributed by atoms with van der Waals surface area (Å²) >= 11 is 7.44. The molecule has 0 bridgehead atoms. The number of hydrazine groups is 1. The summed E-state index contributed by atoms with van der Waals surface area (Å²) in [6.45, 7) is 0.914. The Bertz CT molecular complexity index is 372. The van der Waals surface area contributed by atoms with E-state index in [4.69, 9.17) is 5.84 Å². The van der Waals surface area contributed by atoms with E-state index in [-0.39, 0.29) is 0 Å². The standard InChI is InChI=1S/C9H14BrN5S2/c10-7-4-13-9(15-11)14-8(7)12-3-6-5-16-1-2-17-6/h4,6H,1-3,5,11H2,(H2,12,13,14,15). The molecule has 5 nitrogen and oxygen atoms in total. The van der Waals surface area contributed by atoms with Crippen LogP contribution in [-0.4, -0.2) is 39.0 Å². The molecule has 2 rings (SSSR count). The van der Waals surface area contributed by atoms with E-state index < -0.39 is 0 Å². The summed E-state index contributed by atoms with van der Waals surface area (Å²) < 4.78 is 0.852. The molecule has 0 saturated carbocycles. The summed E-state index contributed by atoms with van der Waals surface area (Å²) in [5.41, 5.74) is 2.44. The van der Waals surface area contributed by atoms with E-state index >= 15 is 0 Å². The number of halogens is 1. The predicted octanol–water partition coefficient (Wildman–Crippen LogP) is 1.79. The van der Waals surface area contributed by atoms with Gasteiger partial charge in [0.15, 0.2) is 0 Å². The summed E-state index contributed by atoms with van der Waals surface area (Å²) in [4.78, 5) is 8.26. The minimum Gasteiger partial charge on any atom is -0.368 e. The molecule has 1 unspecified atom stereocenters. The molecule has 0 aromatic carbocycles. The number of hydrogen-bond acceptors (Lipinski definition) is 7. The predicted molar refractivity (Wildman–Crippen MR) is 79.6 cm³/mol. The number of nitrogens with two attached hydrogens (primary N) is 1. The smallest absolute Gasteiger partial charge is 0.239 e. The molecule has 0 radical (unpaired) electrons. The lowest BCUT2D eigenvalue weighted by atomic mass is 10.4. The van der Waals surface area contributed by atoms with Crippen molar-refractivity contribution in [2.45, 2.75) is 5.25 Å². The van der Waals surface area contributed by atoms with Crippen LogP contribution in [0.1, 0.15) is 0 Å². The Kier molecular flexibility index (Phi) is 5.20. The monoisotopic (exact) mass is 335 g/mol. The number of anilines is 2. The zero-order chi connectivity index (χ0) is 12.1. The Morgan fingerprint density at radius 1 is 1.53 bits per heavy atom. The second-order valence-corrected chi connectivity index (χ2v) is 6.90. The third-order valence-corrected chi connectivity index (χ3v) is 5.68. The molecule has 1 aliphatic heterocycles. The lowest BCUT2D eigenvalue weighted by Crippen LogP contribution is -2.24. The van der Waals surface area contributed by atoms with Gasteiger partial charge in [-0.05, 0) is 15.9 Å². The van der Waals surface area contributed by atoms with Crippen molar-refractivity contribution in [2.24, 2.45) is 5.84 Å². The van der Waals surface area contributed by atoms with Crippen LogP contribution in [-0.2, 0) is 0 Å². The minimum atomic E-state index is 0.418. The first kappa shape index (κ1) is 13.3. The van der Waals surface area contributed by atoms with Crippen LogP contribution in [0.5, 0.6) is 0 Å². The molecule has 17 heavy (non-hydrogen) atoms. The van der Waals surface area contributed by atoms with Gasteiger partial charge in [0, 0.05) is 35.3 Å². The van der Waals surface area contributed by atoms with Gasteiger partial charge in [-0.15, -0.1) is 0 Å². The summed E-state index contributed by atoms with van der Waals surface area (Å²) in [6, 6.07) is 0. The third kappa shape index (κ3) is 3.90. The van der Waals surface area contributed by atoms with E-state index in [1.807, 2.05) is 23.5 Å². The highest BCUT2D eigenvalue weighted by Gasteiger charge is 2.14. The Labute approximate surface area is 117 Å². The lowest BCUT2D eigenvalue weighted by Gasteiger charge is -2.21. The molecule has 0 aliphatic carbocycles. The highest BCUT2D eigenvalue weighted by Crippen LogP contribution is 2.25. The van der Waals surface area contributed by atoms with E-state index in [0.29, 0.717) is 11.2 Å². The van der Waals surface area contributed by atoms with E-state index in [1.54, 1.807) is 6.20 Å². The van der Waals surface area contributed by atoms with Gasteiger partial charge < -0.3 is 5.32 Å². The van der Waals surface area contributed by atoms with Crippen molar-refractivity contribution in [2.75, 3.05) is 34.5 Å².